The lowest BCUT2D eigenvalue weighted by molar-refractivity contribution is 0.550. The first-order chi connectivity index (χ1) is 13.2. The summed E-state index contributed by atoms with van der Waals surface area (Å²) >= 11 is 0. The van der Waals surface area contributed by atoms with Gasteiger partial charge in [0.15, 0.2) is 11.7 Å². The largest absolute Gasteiger partial charge is 0.461 e. The van der Waals surface area contributed by atoms with E-state index in [1.54, 1.807) is 13.3 Å². The van der Waals surface area contributed by atoms with Gasteiger partial charge in [-0.15, -0.1) is 0 Å². The standard InChI is InChI=1S/C20H26N6O/c1-14(16-8-5-4-6-9-16)15(2)23-20(21-3)22-12-11-18-24-19(26-25-18)17-10-7-13-27-17/h4-10,13-15H,11-12H2,1-3H3,(H2,21,22,23)(H,24,25,26). The number of aliphatic imine (C=N–C) groups is 1. The van der Waals surface area contributed by atoms with Crippen LogP contribution in [-0.2, 0) is 6.42 Å². The maximum atomic E-state index is 5.31. The van der Waals surface area contributed by atoms with Crippen LogP contribution in [0.1, 0.15) is 31.2 Å². The Morgan fingerprint density at radius 2 is 2.00 bits per heavy atom. The van der Waals surface area contributed by atoms with Crippen LogP contribution in [-0.4, -0.2) is 40.8 Å². The van der Waals surface area contributed by atoms with Gasteiger partial charge < -0.3 is 15.1 Å². The molecule has 0 bridgehead atoms. The first kappa shape index (κ1) is 18.7. The molecule has 0 aliphatic rings. The molecule has 142 valence electrons. The average Bonchev–Trinajstić information content (AvgIpc) is 3.39. The summed E-state index contributed by atoms with van der Waals surface area (Å²) in [6, 6.07) is 14.4. The molecular weight excluding hydrogens is 340 g/mol. The Balaban J connectivity index is 1.48. The quantitative estimate of drug-likeness (QED) is 0.442. The second kappa shape index (κ2) is 9.02. The molecule has 0 aliphatic heterocycles. The molecule has 3 rings (SSSR count). The minimum atomic E-state index is 0.245. The van der Waals surface area contributed by atoms with Gasteiger partial charge >= 0.3 is 0 Å². The molecular formula is C20H26N6O. The average molecular weight is 366 g/mol. The van der Waals surface area contributed by atoms with Crippen molar-refractivity contribution in [3.05, 3.63) is 60.1 Å². The predicted molar refractivity (Wildman–Crippen MR) is 107 cm³/mol. The Morgan fingerprint density at radius 1 is 1.19 bits per heavy atom. The smallest absolute Gasteiger partial charge is 0.216 e. The molecule has 2 unspecified atom stereocenters. The molecule has 3 aromatic rings. The third kappa shape index (κ3) is 4.97. The van der Waals surface area contributed by atoms with E-state index in [9.17, 15) is 0 Å². The third-order valence-corrected chi connectivity index (χ3v) is 4.59. The second-order valence-corrected chi connectivity index (χ2v) is 6.46. The van der Waals surface area contributed by atoms with Crippen LogP contribution in [0.3, 0.4) is 0 Å². The minimum Gasteiger partial charge on any atom is -0.461 e. The Hall–Kier alpha value is -3.09. The number of hydrogen-bond acceptors (Lipinski definition) is 4. The van der Waals surface area contributed by atoms with Crippen molar-refractivity contribution in [1.82, 2.24) is 25.8 Å². The van der Waals surface area contributed by atoms with Gasteiger partial charge in [0.05, 0.1) is 6.26 Å². The van der Waals surface area contributed by atoms with Crippen molar-refractivity contribution in [1.29, 1.82) is 0 Å². The molecule has 7 heteroatoms. The van der Waals surface area contributed by atoms with Crippen LogP contribution in [0.15, 0.2) is 58.1 Å². The summed E-state index contributed by atoms with van der Waals surface area (Å²) in [5, 5.41) is 13.9. The number of aromatic nitrogens is 3. The zero-order valence-electron chi connectivity index (χ0n) is 15.9. The van der Waals surface area contributed by atoms with Crippen molar-refractivity contribution >= 4 is 5.96 Å². The number of rotatable bonds is 7. The highest BCUT2D eigenvalue weighted by Gasteiger charge is 2.15. The summed E-state index contributed by atoms with van der Waals surface area (Å²) in [4.78, 5) is 8.76. The summed E-state index contributed by atoms with van der Waals surface area (Å²) in [5.41, 5.74) is 1.31. The fourth-order valence-electron chi connectivity index (χ4n) is 2.80. The van der Waals surface area contributed by atoms with Gasteiger partial charge in [-0.3, -0.25) is 10.1 Å². The molecule has 0 saturated heterocycles. The number of H-pyrrole nitrogens is 1. The SMILES string of the molecule is CN=C(NCCc1nc(-c2ccco2)n[nH]1)NC(C)C(C)c1ccccc1. The summed E-state index contributed by atoms with van der Waals surface area (Å²) in [6.45, 7) is 5.07. The fraction of sp³-hybridized carbons (Fsp3) is 0.350. The van der Waals surface area contributed by atoms with Crippen molar-refractivity contribution in [3.63, 3.8) is 0 Å². The molecule has 1 aromatic carbocycles. The number of hydrogen-bond donors (Lipinski definition) is 3. The zero-order valence-corrected chi connectivity index (χ0v) is 15.9. The van der Waals surface area contributed by atoms with Crippen molar-refractivity contribution < 1.29 is 4.42 Å². The van der Waals surface area contributed by atoms with E-state index in [0.717, 1.165) is 11.8 Å². The summed E-state index contributed by atoms with van der Waals surface area (Å²) in [7, 11) is 1.78. The highest BCUT2D eigenvalue weighted by Crippen LogP contribution is 2.18. The van der Waals surface area contributed by atoms with Gasteiger partial charge in [0.25, 0.3) is 0 Å². The maximum Gasteiger partial charge on any atom is 0.216 e. The van der Waals surface area contributed by atoms with E-state index in [2.05, 4.69) is 68.9 Å². The van der Waals surface area contributed by atoms with Gasteiger partial charge in [0.2, 0.25) is 5.82 Å². The number of aromatic amines is 1. The van der Waals surface area contributed by atoms with Crippen LogP contribution in [0.25, 0.3) is 11.6 Å². The van der Waals surface area contributed by atoms with E-state index >= 15 is 0 Å². The zero-order chi connectivity index (χ0) is 19.1. The first-order valence-corrected chi connectivity index (χ1v) is 9.14. The monoisotopic (exact) mass is 366 g/mol. The van der Waals surface area contributed by atoms with Gasteiger partial charge in [-0.05, 0) is 24.6 Å². The molecule has 7 nitrogen and oxygen atoms in total. The highest BCUT2D eigenvalue weighted by atomic mass is 16.3. The molecule has 0 amide bonds. The molecule has 27 heavy (non-hydrogen) atoms. The van der Waals surface area contributed by atoms with Crippen LogP contribution in [0, 0.1) is 0 Å². The number of nitrogens with one attached hydrogen (secondary N) is 3. The molecule has 0 radical (unpaired) electrons. The Labute approximate surface area is 159 Å². The summed E-state index contributed by atoms with van der Waals surface area (Å²) in [6.07, 6.45) is 2.32. The van der Waals surface area contributed by atoms with Crippen LogP contribution in [0.5, 0.6) is 0 Å². The lowest BCUT2D eigenvalue weighted by atomic mass is 9.94. The molecule has 2 aromatic heterocycles. The Kier molecular flexibility index (Phi) is 6.25. The number of guanidine groups is 1. The molecule has 3 N–H and O–H groups in total. The van der Waals surface area contributed by atoms with E-state index in [4.69, 9.17) is 4.42 Å². The third-order valence-electron chi connectivity index (χ3n) is 4.59. The van der Waals surface area contributed by atoms with E-state index in [0.29, 0.717) is 30.5 Å². The maximum absolute atomic E-state index is 5.31. The van der Waals surface area contributed by atoms with E-state index in [1.807, 2.05) is 18.2 Å². The minimum absolute atomic E-state index is 0.245. The number of nitrogens with zero attached hydrogens (tertiary/aromatic N) is 3. The van der Waals surface area contributed by atoms with Crippen molar-refractivity contribution in [2.45, 2.75) is 32.2 Å². The van der Waals surface area contributed by atoms with Crippen LogP contribution in [0.4, 0.5) is 0 Å². The topological polar surface area (TPSA) is 91.1 Å². The fourth-order valence-corrected chi connectivity index (χ4v) is 2.80. The number of furan rings is 1. The van der Waals surface area contributed by atoms with Crippen molar-refractivity contribution in [3.8, 4) is 11.6 Å². The van der Waals surface area contributed by atoms with Crippen molar-refractivity contribution in [2.75, 3.05) is 13.6 Å². The molecule has 2 heterocycles. The Morgan fingerprint density at radius 3 is 2.70 bits per heavy atom. The van der Waals surface area contributed by atoms with Crippen molar-refractivity contribution in [2.24, 2.45) is 4.99 Å². The lowest BCUT2D eigenvalue weighted by Crippen LogP contribution is -2.44. The first-order valence-electron chi connectivity index (χ1n) is 9.14. The van der Waals surface area contributed by atoms with Crippen LogP contribution >= 0.6 is 0 Å². The molecule has 0 aliphatic carbocycles. The van der Waals surface area contributed by atoms with Gasteiger partial charge in [-0.25, -0.2) is 4.98 Å². The van der Waals surface area contributed by atoms with E-state index < -0.39 is 0 Å². The van der Waals surface area contributed by atoms with Gasteiger partial charge in [-0.1, -0.05) is 37.3 Å². The lowest BCUT2D eigenvalue weighted by Gasteiger charge is -2.24. The molecule has 0 spiro atoms. The normalized spacial score (nSPS) is 14.0. The molecule has 0 fully saturated rings. The summed E-state index contributed by atoms with van der Waals surface area (Å²) < 4.78 is 5.31. The van der Waals surface area contributed by atoms with Crippen LogP contribution < -0.4 is 10.6 Å². The van der Waals surface area contributed by atoms with Gasteiger partial charge in [-0.2, -0.15) is 5.10 Å². The number of benzene rings is 1. The second-order valence-electron chi connectivity index (χ2n) is 6.46. The van der Waals surface area contributed by atoms with E-state index in [-0.39, 0.29) is 6.04 Å². The van der Waals surface area contributed by atoms with Gasteiger partial charge in [0.1, 0.15) is 5.82 Å². The Bertz CT molecular complexity index is 841. The predicted octanol–water partition coefficient (Wildman–Crippen LogP) is 2.96. The van der Waals surface area contributed by atoms with Crippen LogP contribution in [0.2, 0.25) is 0 Å². The molecule has 0 saturated carbocycles. The molecule has 2 atom stereocenters. The highest BCUT2D eigenvalue weighted by molar-refractivity contribution is 5.80. The van der Waals surface area contributed by atoms with Gasteiger partial charge in [0, 0.05) is 32.0 Å². The summed E-state index contributed by atoms with van der Waals surface area (Å²) in [5.74, 6) is 3.18. The van der Waals surface area contributed by atoms with E-state index in [1.165, 1.54) is 5.56 Å².